The van der Waals surface area contributed by atoms with Gasteiger partial charge in [0, 0.05) is 24.5 Å². The minimum atomic E-state index is -0.178. The van der Waals surface area contributed by atoms with Gasteiger partial charge < -0.3 is 15.8 Å². The molecule has 1 aromatic carbocycles. The number of benzene rings is 1. The van der Waals surface area contributed by atoms with E-state index >= 15 is 0 Å². The van der Waals surface area contributed by atoms with Crippen molar-refractivity contribution in [1.82, 2.24) is 10.3 Å². The number of carbonyl (C=O) groups excluding carboxylic acids is 1. The summed E-state index contributed by atoms with van der Waals surface area (Å²) in [6, 6.07) is 6.87. The molecule has 3 N–H and O–H groups in total. The molecule has 0 unspecified atom stereocenters. The first kappa shape index (κ1) is 13.9. The number of nitrogen functional groups attached to an aromatic ring is 1. The highest BCUT2D eigenvalue weighted by molar-refractivity contribution is 5.95. The topological polar surface area (TPSA) is 77.2 Å². The van der Waals surface area contributed by atoms with Crippen molar-refractivity contribution in [3.63, 3.8) is 0 Å². The number of rotatable bonds is 4. The fourth-order valence-corrected chi connectivity index (χ4v) is 1.83. The van der Waals surface area contributed by atoms with Gasteiger partial charge in [0.25, 0.3) is 5.91 Å². The summed E-state index contributed by atoms with van der Waals surface area (Å²) in [5.74, 6) is 0.382. The molecule has 0 radical (unpaired) electrons. The van der Waals surface area contributed by atoms with Gasteiger partial charge in [-0.15, -0.1) is 0 Å². The third kappa shape index (κ3) is 3.06. The summed E-state index contributed by atoms with van der Waals surface area (Å²) >= 11 is 0. The summed E-state index contributed by atoms with van der Waals surface area (Å²) in [5.41, 5.74) is 8.81. The fourth-order valence-electron chi connectivity index (χ4n) is 1.83. The third-order valence-corrected chi connectivity index (χ3v) is 3.08. The van der Waals surface area contributed by atoms with Crippen molar-refractivity contribution in [3.8, 4) is 5.75 Å². The van der Waals surface area contributed by atoms with E-state index < -0.39 is 0 Å². The van der Waals surface area contributed by atoms with Crippen LogP contribution in [0.2, 0.25) is 0 Å². The lowest BCUT2D eigenvalue weighted by molar-refractivity contribution is 0.0951. The third-order valence-electron chi connectivity index (χ3n) is 3.08. The Hall–Kier alpha value is -2.56. The summed E-state index contributed by atoms with van der Waals surface area (Å²) in [4.78, 5) is 16.1. The van der Waals surface area contributed by atoms with Crippen molar-refractivity contribution in [2.45, 2.75) is 13.5 Å². The highest BCUT2D eigenvalue weighted by Gasteiger charge is 2.08. The second-order valence-corrected chi connectivity index (χ2v) is 4.44. The number of amides is 1. The molecule has 0 fully saturated rings. The molecule has 0 saturated heterocycles. The van der Waals surface area contributed by atoms with Crippen molar-refractivity contribution in [1.29, 1.82) is 0 Å². The van der Waals surface area contributed by atoms with E-state index in [2.05, 4.69) is 10.3 Å². The standard InChI is InChI=1S/C15H17N3O2/c1-10-5-6-17-8-12(10)9-18-15(19)11-3-4-14(20-2)13(16)7-11/h3-8H,9,16H2,1-2H3,(H,18,19). The zero-order valence-electron chi connectivity index (χ0n) is 11.5. The Labute approximate surface area is 117 Å². The summed E-state index contributed by atoms with van der Waals surface area (Å²) in [7, 11) is 1.54. The second kappa shape index (κ2) is 6.06. The van der Waals surface area contributed by atoms with Gasteiger partial charge in [0.15, 0.2) is 0 Å². The Balaban J connectivity index is 2.05. The fraction of sp³-hybridized carbons (Fsp3) is 0.200. The lowest BCUT2D eigenvalue weighted by Crippen LogP contribution is -2.23. The average molecular weight is 271 g/mol. The van der Waals surface area contributed by atoms with Crippen LogP contribution in [0.25, 0.3) is 0 Å². The molecule has 2 rings (SSSR count). The predicted molar refractivity (Wildman–Crippen MR) is 77.6 cm³/mol. The normalized spacial score (nSPS) is 10.1. The van der Waals surface area contributed by atoms with Crippen LogP contribution in [0.15, 0.2) is 36.7 Å². The van der Waals surface area contributed by atoms with E-state index in [1.807, 2.05) is 13.0 Å². The van der Waals surface area contributed by atoms with Crippen LogP contribution >= 0.6 is 0 Å². The van der Waals surface area contributed by atoms with Gasteiger partial charge in [-0.3, -0.25) is 9.78 Å². The van der Waals surface area contributed by atoms with Crippen molar-refractivity contribution >= 4 is 11.6 Å². The van der Waals surface area contributed by atoms with Crippen LogP contribution in [0.5, 0.6) is 5.75 Å². The minimum absolute atomic E-state index is 0.178. The Morgan fingerprint density at radius 2 is 2.20 bits per heavy atom. The van der Waals surface area contributed by atoms with E-state index in [-0.39, 0.29) is 5.91 Å². The van der Waals surface area contributed by atoms with Gasteiger partial charge in [0.1, 0.15) is 5.75 Å². The molecule has 0 saturated carbocycles. The predicted octanol–water partition coefficient (Wildman–Crippen LogP) is 1.91. The number of carbonyl (C=O) groups is 1. The number of nitrogens with two attached hydrogens (primary N) is 1. The van der Waals surface area contributed by atoms with Gasteiger partial charge in [-0.25, -0.2) is 0 Å². The van der Waals surface area contributed by atoms with Gasteiger partial charge in [0.2, 0.25) is 0 Å². The quantitative estimate of drug-likeness (QED) is 0.833. The first-order chi connectivity index (χ1) is 9.61. The number of aromatic nitrogens is 1. The van der Waals surface area contributed by atoms with Gasteiger partial charge in [0.05, 0.1) is 12.8 Å². The summed E-state index contributed by atoms with van der Waals surface area (Å²) in [6.07, 6.45) is 3.48. The molecule has 5 heteroatoms. The Morgan fingerprint density at radius 3 is 2.85 bits per heavy atom. The molecule has 1 amide bonds. The van der Waals surface area contributed by atoms with Crippen molar-refractivity contribution in [2.24, 2.45) is 0 Å². The van der Waals surface area contributed by atoms with Gasteiger partial charge in [-0.2, -0.15) is 0 Å². The Bertz CT molecular complexity index is 626. The van der Waals surface area contributed by atoms with E-state index in [1.54, 1.807) is 30.6 Å². The van der Waals surface area contributed by atoms with E-state index in [0.29, 0.717) is 23.5 Å². The number of pyridine rings is 1. The zero-order valence-corrected chi connectivity index (χ0v) is 11.5. The van der Waals surface area contributed by atoms with Crippen LogP contribution in [0.3, 0.4) is 0 Å². The first-order valence-electron chi connectivity index (χ1n) is 6.23. The number of hydrogen-bond acceptors (Lipinski definition) is 4. The van der Waals surface area contributed by atoms with E-state index in [4.69, 9.17) is 10.5 Å². The number of aryl methyl sites for hydroxylation is 1. The first-order valence-corrected chi connectivity index (χ1v) is 6.23. The molecule has 0 aliphatic heterocycles. The largest absolute Gasteiger partial charge is 0.495 e. The van der Waals surface area contributed by atoms with Crippen LogP contribution in [0, 0.1) is 6.92 Å². The van der Waals surface area contributed by atoms with Gasteiger partial charge in [-0.1, -0.05) is 0 Å². The smallest absolute Gasteiger partial charge is 0.251 e. The van der Waals surface area contributed by atoms with Crippen LogP contribution in [0.1, 0.15) is 21.5 Å². The van der Waals surface area contributed by atoms with Crippen LogP contribution in [-0.2, 0) is 6.54 Å². The summed E-state index contributed by atoms with van der Waals surface area (Å²) < 4.78 is 5.06. The molecular weight excluding hydrogens is 254 g/mol. The molecule has 0 atom stereocenters. The van der Waals surface area contributed by atoms with Crippen molar-refractivity contribution in [3.05, 3.63) is 53.3 Å². The molecule has 0 aliphatic carbocycles. The minimum Gasteiger partial charge on any atom is -0.495 e. The van der Waals surface area contributed by atoms with E-state index in [1.165, 1.54) is 7.11 Å². The SMILES string of the molecule is COc1ccc(C(=O)NCc2cnccc2C)cc1N. The number of nitrogens with one attached hydrogen (secondary N) is 1. The molecule has 1 heterocycles. The Kier molecular flexibility index (Phi) is 4.20. The maximum Gasteiger partial charge on any atom is 0.251 e. The molecule has 5 nitrogen and oxygen atoms in total. The average Bonchev–Trinajstić information content (AvgIpc) is 2.46. The molecule has 2 aromatic rings. The lowest BCUT2D eigenvalue weighted by Gasteiger charge is -2.09. The number of hydrogen-bond donors (Lipinski definition) is 2. The number of methoxy groups -OCH3 is 1. The number of ether oxygens (including phenoxy) is 1. The number of nitrogens with zero attached hydrogens (tertiary/aromatic N) is 1. The lowest BCUT2D eigenvalue weighted by atomic mass is 10.1. The maximum absolute atomic E-state index is 12.1. The summed E-state index contributed by atoms with van der Waals surface area (Å²) in [6.45, 7) is 2.42. The maximum atomic E-state index is 12.1. The van der Waals surface area contributed by atoms with Gasteiger partial charge in [-0.05, 0) is 42.3 Å². The summed E-state index contributed by atoms with van der Waals surface area (Å²) in [5, 5.41) is 2.85. The monoisotopic (exact) mass is 271 g/mol. The zero-order chi connectivity index (χ0) is 14.5. The second-order valence-electron chi connectivity index (χ2n) is 4.44. The highest BCUT2D eigenvalue weighted by Crippen LogP contribution is 2.21. The van der Waals surface area contributed by atoms with Crippen LogP contribution in [0.4, 0.5) is 5.69 Å². The molecule has 0 aliphatic rings. The Morgan fingerprint density at radius 1 is 1.40 bits per heavy atom. The van der Waals surface area contributed by atoms with Crippen LogP contribution in [-0.4, -0.2) is 18.0 Å². The van der Waals surface area contributed by atoms with E-state index in [9.17, 15) is 4.79 Å². The van der Waals surface area contributed by atoms with E-state index in [0.717, 1.165) is 11.1 Å². The molecular formula is C15H17N3O2. The molecule has 0 spiro atoms. The van der Waals surface area contributed by atoms with Gasteiger partial charge >= 0.3 is 0 Å². The van der Waals surface area contributed by atoms with Crippen molar-refractivity contribution < 1.29 is 9.53 Å². The molecule has 0 bridgehead atoms. The number of anilines is 1. The highest BCUT2D eigenvalue weighted by atomic mass is 16.5. The molecule has 20 heavy (non-hydrogen) atoms. The molecule has 1 aromatic heterocycles. The molecule has 104 valence electrons. The van der Waals surface area contributed by atoms with Crippen LogP contribution < -0.4 is 15.8 Å². The van der Waals surface area contributed by atoms with Crippen molar-refractivity contribution in [2.75, 3.05) is 12.8 Å².